The number of nitrogens with two attached hydrogens (primary N) is 2. The summed E-state index contributed by atoms with van der Waals surface area (Å²) in [5, 5.41) is 10.7. The summed E-state index contributed by atoms with van der Waals surface area (Å²) in [5.41, 5.74) is 7.08. The summed E-state index contributed by atoms with van der Waals surface area (Å²) >= 11 is 0. The third-order valence-corrected chi connectivity index (χ3v) is 8.11. The predicted molar refractivity (Wildman–Crippen MR) is 122 cm³/mol. The Morgan fingerprint density at radius 2 is 1.97 bits per heavy atom. The van der Waals surface area contributed by atoms with Gasteiger partial charge in [-0.15, -0.1) is 0 Å². The number of halogens is 3. The number of anilines is 2. The third-order valence-electron chi connectivity index (χ3n) is 8.11. The molecule has 2 heterocycles. The monoisotopic (exact) mass is 502 g/mol. The maximum atomic E-state index is 16.4. The van der Waals surface area contributed by atoms with Crippen molar-refractivity contribution in [2.45, 2.75) is 73.7 Å². The lowest BCUT2D eigenvalue weighted by Gasteiger charge is -2.64. The minimum atomic E-state index is -2.86. The molecule has 4 saturated carbocycles. The van der Waals surface area contributed by atoms with Gasteiger partial charge in [0.05, 0.1) is 29.3 Å². The van der Waals surface area contributed by atoms with E-state index in [2.05, 4.69) is 15.6 Å². The van der Waals surface area contributed by atoms with Crippen LogP contribution in [0.25, 0.3) is 0 Å². The number of rotatable bonds is 7. The summed E-state index contributed by atoms with van der Waals surface area (Å²) in [7, 11) is 0. The number of nitrogens with one attached hydrogen (secondary N) is 1. The van der Waals surface area contributed by atoms with Gasteiger partial charge in [0.25, 0.3) is 5.91 Å². The molecule has 0 aliphatic heterocycles. The fourth-order valence-corrected chi connectivity index (χ4v) is 5.85. The second kappa shape index (κ2) is 7.01. The third kappa shape index (κ3) is 3.15. The van der Waals surface area contributed by atoms with Gasteiger partial charge in [0.15, 0.2) is 5.67 Å². The first-order chi connectivity index (χ1) is 16.9. The van der Waals surface area contributed by atoms with Crippen LogP contribution in [0, 0.1) is 0 Å². The standard InChI is InChI=1S/C24H25F3N6O3/c1-21(5-6-21)33-19(28)17(20(29)35)18(31-33)12-3-2-4-13(25)24(12,27)8-15(34)30-16-7-14(32-36-16)22-9-23(26,10-22)11-22/h2-4,7,12H,5-6,8-11,28H2,1H3,(H2,29,35)(H,30,34). The van der Waals surface area contributed by atoms with E-state index >= 15 is 8.78 Å². The average molecular weight is 502 g/mol. The van der Waals surface area contributed by atoms with Crippen LogP contribution in [0.2, 0.25) is 0 Å². The second-order valence-electron chi connectivity index (χ2n) is 10.9. The molecule has 5 aliphatic carbocycles. The molecular weight excluding hydrogens is 477 g/mol. The molecule has 2 atom stereocenters. The molecule has 2 aromatic heterocycles. The Morgan fingerprint density at radius 3 is 2.58 bits per heavy atom. The maximum absolute atomic E-state index is 16.4. The van der Waals surface area contributed by atoms with Gasteiger partial charge in [0, 0.05) is 11.5 Å². The zero-order chi connectivity index (χ0) is 25.7. The highest BCUT2D eigenvalue weighted by Crippen LogP contribution is 2.69. The Bertz CT molecular complexity index is 1350. The highest BCUT2D eigenvalue weighted by atomic mass is 19.2. The zero-order valence-electron chi connectivity index (χ0n) is 19.5. The van der Waals surface area contributed by atoms with E-state index in [0.717, 1.165) is 18.9 Å². The highest BCUT2D eigenvalue weighted by Gasteiger charge is 2.71. The average Bonchev–Trinajstić information content (AvgIpc) is 3.17. The molecule has 12 heteroatoms. The van der Waals surface area contributed by atoms with Crippen LogP contribution >= 0.6 is 0 Å². The first-order valence-electron chi connectivity index (χ1n) is 11.8. The van der Waals surface area contributed by atoms with Crippen LogP contribution in [0.15, 0.2) is 34.6 Å². The lowest BCUT2D eigenvalue weighted by molar-refractivity contribution is -0.160. The molecule has 0 radical (unpaired) electrons. The van der Waals surface area contributed by atoms with Crippen molar-refractivity contribution in [2.75, 3.05) is 11.1 Å². The van der Waals surface area contributed by atoms with E-state index in [9.17, 15) is 14.0 Å². The molecule has 36 heavy (non-hydrogen) atoms. The van der Waals surface area contributed by atoms with Crippen LogP contribution in [0.3, 0.4) is 0 Å². The lowest BCUT2D eigenvalue weighted by Crippen LogP contribution is -2.67. The Labute approximate surface area is 203 Å². The maximum Gasteiger partial charge on any atom is 0.254 e. The Kier molecular flexibility index (Phi) is 4.45. The summed E-state index contributed by atoms with van der Waals surface area (Å²) in [6, 6.07) is 1.48. The van der Waals surface area contributed by atoms with Crippen molar-refractivity contribution in [3.05, 3.63) is 47.1 Å². The number of carbonyl (C=O) groups is 2. The van der Waals surface area contributed by atoms with Gasteiger partial charge >= 0.3 is 0 Å². The molecule has 2 bridgehead atoms. The van der Waals surface area contributed by atoms with Crippen molar-refractivity contribution in [3.63, 3.8) is 0 Å². The van der Waals surface area contributed by atoms with E-state index in [4.69, 9.17) is 16.0 Å². The Hall–Kier alpha value is -3.57. The number of hydrogen-bond donors (Lipinski definition) is 3. The minimum Gasteiger partial charge on any atom is -0.383 e. The van der Waals surface area contributed by atoms with Crippen LogP contribution in [0.4, 0.5) is 24.9 Å². The van der Waals surface area contributed by atoms with Crippen molar-refractivity contribution >= 4 is 23.5 Å². The predicted octanol–water partition coefficient (Wildman–Crippen LogP) is 3.45. The normalized spacial score (nSPS) is 33.3. The SMILES string of the molecule is CC1(n2nc(C3C=CC=C(F)C3(F)CC(=O)Nc3cc(C45CC(F)(C4)C5)no3)c(C(N)=O)c2N)CC1. The molecule has 0 saturated heterocycles. The van der Waals surface area contributed by atoms with E-state index in [-0.39, 0.29) is 28.4 Å². The topological polar surface area (TPSA) is 142 Å². The first-order valence-corrected chi connectivity index (χ1v) is 11.8. The summed E-state index contributed by atoms with van der Waals surface area (Å²) in [6.45, 7) is 1.88. The number of carbonyl (C=O) groups excluding carboxylic acids is 2. The highest BCUT2D eigenvalue weighted by molar-refractivity contribution is 5.99. The molecule has 9 nitrogen and oxygen atoms in total. The fourth-order valence-electron chi connectivity index (χ4n) is 5.85. The number of primary amides is 1. The summed E-state index contributed by atoms with van der Waals surface area (Å²) < 4.78 is 51.8. The first kappa shape index (κ1) is 22.9. The van der Waals surface area contributed by atoms with Crippen molar-refractivity contribution < 1.29 is 27.3 Å². The Balaban J connectivity index is 1.26. The zero-order valence-corrected chi connectivity index (χ0v) is 19.5. The molecule has 5 aliphatic rings. The van der Waals surface area contributed by atoms with E-state index < -0.39 is 46.9 Å². The molecular formula is C24H25F3N6O3. The van der Waals surface area contributed by atoms with Crippen LogP contribution in [0.5, 0.6) is 0 Å². The van der Waals surface area contributed by atoms with Crippen LogP contribution < -0.4 is 16.8 Å². The van der Waals surface area contributed by atoms with Gasteiger partial charge in [-0.2, -0.15) is 5.10 Å². The van der Waals surface area contributed by atoms with Crippen LogP contribution in [0.1, 0.15) is 73.1 Å². The van der Waals surface area contributed by atoms with Crippen LogP contribution in [-0.4, -0.2) is 38.1 Å². The van der Waals surface area contributed by atoms with Crippen molar-refractivity contribution in [2.24, 2.45) is 5.73 Å². The number of hydrogen-bond acceptors (Lipinski definition) is 6. The van der Waals surface area contributed by atoms with Crippen molar-refractivity contribution in [3.8, 4) is 0 Å². The quantitative estimate of drug-likeness (QED) is 0.529. The smallest absolute Gasteiger partial charge is 0.254 e. The molecule has 0 aromatic carbocycles. The number of aromatic nitrogens is 3. The van der Waals surface area contributed by atoms with E-state index in [0.29, 0.717) is 25.0 Å². The van der Waals surface area contributed by atoms with Gasteiger partial charge in [0.1, 0.15) is 22.9 Å². The van der Waals surface area contributed by atoms with Gasteiger partial charge in [0.2, 0.25) is 11.8 Å². The molecule has 7 rings (SSSR count). The number of amides is 2. The lowest BCUT2D eigenvalue weighted by atomic mass is 9.41. The van der Waals surface area contributed by atoms with Crippen LogP contribution in [-0.2, 0) is 15.7 Å². The molecule has 0 spiro atoms. The van der Waals surface area contributed by atoms with Crippen molar-refractivity contribution in [1.82, 2.24) is 14.9 Å². The van der Waals surface area contributed by atoms with Gasteiger partial charge in [-0.1, -0.05) is 17.3 Å². The van der Waals surface area contributed by atoms with E-state index in [1.165, 1.54) is 22.9 Å². The molecule has 4 fully saturated rings. The number of alkyl halides is 2. The molecule has 2 aromatic rings. The second-order valence-corrected chi connectivity index (χ2v) is 10.9. The number of allylic oxidation sites excluding steroid dienone is 4. The summed E-state index contributed by atoms with van der Waals surface area (Å²) in [6.07, 6.45) is 5.16. The molecule has 2 amide bonds. The Morgan fingerprint density at radius 1 is 1.28 bits per heavy atom. The van der Waals surface area contributed by atoms with E-state index in [1.54, 1.807) is 0 Å². The number of nitrogens with zero attached hydrogens (tertiary/aromatic N) is 3. The summed E-state index contributed by atoms with van der Waals surface area (Å²) in [4.78, 5) is 25.1. The van der Waals surface area contributed by atoms with Gasteiger partial charge in [-0.25, -0.2) is 17.9 Å². The molecule has 190 valence electrons. The fraction of sp³-hybridized carbons (Fsp3) is 0.500. The largest absolute Gasteiger partial charge is 0.383 e. The summed E-state index contributed by atoms with van der Waals surface area (Å²) in [5.74, 6) is -4.51. The van der Waals surface area contributed by atoms with Gasteiger partial charge in [-0.3, -0.25) is 14.9 Å². The van der Waals surface area contributed by atoms with Gasteiger partial charge in [-0.05, 0) is 45.1 Å². The van der Waals surface area contributed by atoms with E-state index in [1.807, 2.05) is 6.92 Å². The van der Waals surface area contributed by atoms with Gasteiger partial charge < -0.3 is 16.0 Å². The minimum absolute atomic E-state index is 0.0227. The van der Waals surface area contributed by atoms with Crippen molar-refractivity contribution in [1.29, 1.82) is 0 Å². The molecule has 5 N–H and O–H groups in total. The molecule has 2 unspecified atom stereocenters. The number of nitrogen functional groups attached to an aromatic ring is 1.